The van der Waals surface area contributed by atoms with E-state index in [-0.39, 0.29) is 0 Å². The fourth-order valence-electron chi connectivity index (χ4n) is 1.20. The molecule has 0 aromatic carbocycles. The Morgan fingerprint density at radius 1 is 1.29 bits per heavy atom. The summed E-state index contributed by atoms with van der Waals surface area (Å²) in [5.41, 5.74) is 0. The van der Waals surface area contributed by atoms with Gasteiger partial charge in [0.1, 0.15) is 10.7 Å². The second-order valence-corrected chi connectivity index (χ2v) is 4.82. The van der Waals surface area contributed by atoms with E-state index in [4.69, 9.17) is 0 Å². The first-order valence-corrected chi connectivity index (χ1v) is 7.27. The average Bonchev–Trinajstić information content (AvgIpc) is 2.90. The number of aromatic nitrogens is 4. The zero-order valence-corrected chi connectivity index (χ0v) is 11.1. The smallest absolute Gasteiger partial charge is 0.159 e. The molecule has 0 N–H and O–H groups in total. The lowest BCUT2D eigenvalue weighted by Gasteiger charge is -2.01. The zero-order chi connectivity index (χ0) is 12.1. The number of rotatable bonds is 2. The highest BCUT2D eigenvalue weighted by molar-refractivity contribution is 8.38. The van der Waals surface area contributed by atoms with Gasteiger partial charge < -0.3 is 0 Å². The molecule has 0 bridgehead atoms. The molecular formula is C10H11N5S2. The Balaban J connectivity index is 2.32. The largest absolute Gasteiger partial charge is 0.222 e. The maximum atomic E-state index is 4.42. The standard InChI is InChI=1S/C10H11N5S2/c1-16-10(17-2)14-8-6-9(12-7-11-8)15-5-3-4-13-15/h3-7H,1-2H3. The molecule has 0 fully saturated rings. The topological polar surface area (TPSA) is 56.0 Å². The fourth-order valence-corrected chi connectivity index (χ4v) is 2.23. The van der Waals surface area contributed by atoms with E-state index in [0.29, 0.717) is 11.6 Å². The van der Waals surface area contributed by atoms with Crippen LogP contribution in [0.1, 0.15) is 0 Å². The van der Waals surface area contributed by atoms with Crippen LogP contribution in [0.4, 0.5) is 5.82 Å². The van der Waals surface area contributed by atoms with Crippen molar-refractivity contribution in [2.45, 2.75) is 0 Å². The second-order valence-electron chi connectivity index (χ2n) is 2.97. The van der Waals surface area contributed by atoms with Crippen LogP contribution in [-0.2, 0) is 0 Å². The first-order valence-electron chi connectivity index (χ1n) is 4.82. The third kappa shape index (κ3) is 3.07. The molecule has 2 rings (SSSR count). The minimum absolute atomic E-state index is 0.643. The summed E-state index contributed by atoms with van der Waals surface area (Å²) in [6.07, 6.45) is 9.02. The van der Waals surface area contributed by atoms with Crippen molar-refractivity contribution in [2.24, 2.45) is 4.99 Å². The first-order chi connectivity index (χ1) is 8.33. The summed E-state index contributed by atoms with van der Waals surface area (Å²) in [7, 11) is 0. The molecule has 0 aliphatic rings. The van der Waals surface area contributed by atoms with Crippen molar-refractivity contribution in [3.63, 3.8) is 0 Å². The van der Waals surface area contributed by atoms with Crippen molar-refractivity contribution >= 4 is 33.7 Å². The lowest BCUT2D eigenvalue weighted by molar-refractivity contribution is 0.839. The van der Waals surface area contributed by atoms with Crippen LogP contribution in [0, 0.1) is 0 Å². The van der Waals surface area contributed by atoms with Crippen LogP contribution in [0.15, 0.2) is 35.8 Å². The Morgan fingerprint density at radius 2 is 2.12 bits per heavy atom. The van der Waals surface area contributed by atoms with Gasteiger partial charge in [0, 0.05) is 18.5 Å². The lowest BCUT2D eigenvalue weighted by Crippen LogP contribution is -1.97. The van der Waals surface area contributed by atoms with Crippen molar-refractivity contribution in [3.8, 4) is 5.82 Å². The van der Waals surface area contributed by atoms with E-state index >= 15 is 0 Å². The van der Waals surface area contributed by atoms with Gasteiger partial charge in [0.25, 0.3) is 0 Å². The molecule has 7 heteroatoms. The third-order valence-electron chi connectivity index (χ3n) is 1.93. The summed E-state index contributed by atoms with van der Waals surface area (Å²) in [6, 6.07) is 3.65. The fraction of sp³-hybridized carbons (Fsp3) is 0.200. The molecule has 0 amide bonds. The molecule has 0 saturated carbocycles. The summed E-state index contributed by atoms with van der Waals surface area (Å²) in [5, 5.41) is 4.11. The maximum Gasteiger partial charge on any atom is 0.159 e. The number of aliphatic imine (C=N–C) groups is 1. The van der Waals surface area contributed by atoms with Gasteiger partial charge in [-0.3, -0.25) is 0 Å². The van der Waals surface area contributed by atoms with Gasteiger partial charge >= 0.3 is 0 Å². The van der Waals surface area contributed by atoms with Crippen LogP contribution < -0.4 is 0 Å². The number of nitrogens with zero attached hydrogens (tertiary/aromatic N) is 5. The molecule has 88 valence electrons. The normalized spacial score (nSPS) is 10.2. The van der Waals surface area contributed by atoms with Crippen molar-refractivity contribution in [1.82, 2.24) is 19.7 Å². The third-order valence-corrected chi connectivity index (χ3v) is 3.81. The monoisotopic (exact) mass is 265 g/mol. The quantitative estimate of drug-likeness (QED) is 0.616. The Kier molecular flexibility index (Phi) is 4.16. The van der Waals surface area contributed by atoms with Gasteiger partial charge in [0.15, 0.2) is 11.6 Å². The number of hydrogen-bond acceptors (Lipinski definition) is 6. The van der Waals surface area contributed by atoms with E-state index in [1.165, 1.54) is 6.33 Å². The molecule has 2 heterocycles. The molecule has 2 aromatic rings. The van der Waals surface area contributed by atoms with E-state index in [1.54, 1.807) is 40.5 Å². The molecule has 17 heavy (non-hydrogen) atoms. The van der Waals surface area contributed by atoms with Gasteiger partial charge in [-0.25, -0.2) is 19.6 Å². The summed E-state index contributed by atoms with van der Waals surface area (Å²) in [5.74, 6) is 1.36. The zero-order valence-electron chi connectivity index (χ0n) is 9.44. The van der Waals surface area contributed by atoms with Crippen LogP contribution in [0.25, 0.3) is 5.82 Å². The van der Waals surface area contributed by atoms with Crippen LogP contribution in [0.5, 0.6) is 0 Å². The minimum Gasteiger partial charge on any atom is -0.222 e. The lowest BCUT2D eigenvalue weighted by atomic mass is 10.5. The second kappa shape index (κ2) is 5.83. The number of thioether (sulfide) groups is 2. The van der Waals surface area contributed by atoms with Crippen molar-refractivity contribution in [2.75, 3.05) is 12.5 Å². The van der Waals surface area contributed by atoms with Gasteiger partial charge in [-0.1, -0.05) is 0 Å². The minimum atomic E-state index is 0.643. The summed E-state index contributed by atoms with van der Waals surface area (Å²) >= 11 is 3.20. The Morgan fingerprint density at radius 3 is 2.76 bits per heavy atom. The highest BCUT2D eigenvalue weighted by atomic mass is 32.2. The number of hydrogen-bond donors (Lipinski definition) is 0. The molecule has 0 unspecified atom stereocenters. The van der Waals surface area contributed by atoms with Gasteiger partial charge in [-0.05, 0) is 18.6 Å². The summed E-state index contributed by atoms with van der Waals surface area (Å²) < 4.78 is 2.65. The van der Waals surface area contributed by atoms with Gasteiger partial charge in [-0.15, -0.1) is 23.5 Å². The summed E-state index contributed by atoms with van der Waals surface area (Å²) in [4.78, 5) is 12.7. The molecule has 0 aliphatic carbocycles. The van der Waals surface area contributed by atoms with Gasteiger partial charge in [0.05, 0.1) is 0 Å². The molecule has 2 aromatic heterocycles. The summed E-state index contributed by atoms with van der Waals surface area (Å²) in [6.45, 7) is 0. The van der Waals surface area contributed by atoms with E-state index in [1.807, 2.05) is 24.8 Å². The Bertz CT molecular complexity index is 503. The van der Waals surface area contributed by atoms with Crippen molar-refractivity contribution in [3.05, 3.63) is 30.9 Å². The van der Waals surface area contributed by atoms with Crippen LogP contribution in [0.2, 0.25) is 0 Å². The molecule has 5 nitrogen and oxygen atoms in total. The predicted molar refractivity (Wildman–Crippen MR) is 73.3 cm³/mol. The molecular weight excluding hydrogens is 254 g/mol. The van der Waals surface area contributed by atoms with Crippen LogP contribution in [0.3, 0.4) is 0 Å². The van der Waals surface area contributed by atoms with Crippen LogP contribution in [-0.4, -0.2) is 36.6 Å². The molecule has 0 saturated heterocycles. The first kappa shape index (κ1) is 12.1. The predicted octanol–water partition coefficient (Wildman–Crippen LogP) is 2.38. The van der Waals surface area contributed by atoms with Gasteiger partial charge in [0.2, 0.25) is 0 Å². The Labute approximate surface area is 108 Å². The van der Waals surface area contributed by atoms with Crippen LogP contribution >= 0.6 is 23.5 Å². The average molecular weight is 265 g/mol. The van der Waals surface area contributed by atoms with E-state index in [9.17, 15) is 0 Å². The van der Waals surface area contributed by atoms with E-state index < -0.39 is 0 Å². The van der Waals surface area contributed by atoms with Crippen molar-refractivity contribution in [1.29, 1.82) is 0 Å². The molecule has 0 radical (unpaired) electrons. The highest BCUT2D eigenvalue weighted by Crippen LogP contribution is 2.18. The molecule has 0 atom stereocenters. The Hall–Kier alpha value is -1.34. The van der Waals surface area contributed by atoms with E-state index in [0.717, 1.165) is 4.38 Å². The molecule has 0 aliphatic heterocycles. The van der Waals surface area contributed by atoms with E-state index in [2.05, 4.69) is 20.1 Å². The SMILES string of the molecule is CSC(=Nc1cc(-n2cccn2)ncn1)SC. The van der Waals surface area contributed by atoms with Gasteiger partial charge in [-0.2, -0.15) is 5.10 Å². The maximum absolute atomic E-state index is 4.42. The highest BCUT2D eigenvalue weighted by Gasteiger charge is 2.01. The van der Waals surface area contributed by atoms with Crippen molar-refractivity contribution < 1.29 is 0 Å². The molecule has 0 spiro atoms.